The van der Waals surface area contributed by atoms with Crippen molar-refractivity contribution in [3.05, 3.63) is 65.2 Å². The van der Waals surface area contributed by atoms with Gasteiger partial charge in [0.2, 0.25) is 0 Å². The smallest absolute Gasteiger partial charge is 0.118 e. The van der Waals surface area contributed by atoms with E-state index in [0.717, 1.165) is 12.0 Å². The highest BCUT2D eigenvalue weighted by molar-refractivity contribution is 5.36. The summed E-state index contributed by atoms with van der Waals surface area (Å²) in [6, 6.07) is 16.5. The van der Waals surface area contributed by atoms with Gasteiger partial charge in [-0.2, -0.15) is 0 Å². The predicted octanol–water partition coefficient (Wildman–Crippen LogP) is 5.86. The number of phenols is 1. The molecule has 1 N–H and O–H groups in total. The predicted molar refractivity (Wildman–Crippen MR) is 94.5 cm³/mol. The SMILES string of the molecule is CCCCCCc1ccccc1C(C)Cc1ccccc1O. The van der Waals surface area contributed by atoms with Crippen LogP contribution in [0.25, 0.3) is 0 Å². The number of aryl methyl sites for hydroxylation is 1. The van der Waals surface area contributed by atoms with E-state index < -0.39 is 0 Å². The fourth-order valence-electron chi connectivity index (χ4n) is 3.11. The van der Waals surface area contributed by atoms with E-state index in [1.54, 1.807) is 6.07 Å². The fourth-order valence-corrected chi connectivity index (χ4v) is 3.11. The third kappa shape index (κ3) is 4.62. The summed E-state index contributed by atoms with van der Waals surface area (Å²) in [5.41, 5.74) is 3.94. The lowest BCUT2D eigenvalue weighted by atomic mass is 9.88. The Bertz CT molecular complexity index is 574. The van der Waals surface area contributed by atoms with Gasteiger partial charge >= 0.3 is 0 Å². The van der Waals surface area contributed by atoms with Gasteiger partial charge in [0, 0.05) is 0 Å². The molecule has 0 bridgehead atoms. The molecule has 118 valence electrons. The van der Waals surface area contributed by atoms with E-state index in [-0.39, 0.29) is 0 Å². The number of phenolic OH excluding ortho intramolecular Hbond substituents is 1. The van der Waals surface area contributed by atoms with Gasteiger partial charge in [-0.05, 0) is 47.9 Å². The van der Waals surface area contributed by atoms with Gasteiger partial charge in [-0.1, -0.05) is 75.6 Å². The van der Waals surface area contributed by atoms with Crippen molar-refractivity contribution in [2.75, 3.05) is 0 Å². The van der Waals surface area contributed by atoms with Crippen molar-refractivity contribution < 1.29 is 5.11 Å². The van der Waals surface area contributed by atoms with Crippen LogP contribution in [0.1, 0.15) is 62.1 Å². The van der Waals surface area contributed by atoms with Gasteiger partial charge in [0.25, 0.3) is 0 Å². The maximum atomic E-state index is 9.98. The van der Waals surface area contributed by atoms with Crippen molar-refractivity contribution in [3.63, 3.8) is 0 Å². The van der Waals surface area contributed by atoms with Gasteiger partial charge in [-0.15, -0.1) is 0 Å². The van der Waals surface area contributed by atoms with Gasteiger partial charge in [0.05, 0.1) is 0 Å². The maximum Gasteiger partial charge on any atom is 0.118 e. The lowest BCUT2D eigenvalue weighted by Gasteiger charge is -2.17. The van der Waals surface area contributed by atoms with Crippen LogP contribution < -0.4 is 0 Å². The van der Waals surface area contributed by atoms with E-state index >= 15 is 0 Å². The van der Waals surface area contributed by atoms with Crippen molar-refractivity contribution in [2.24, 2.45) is 0 Å². The zero-order chi connectivity index (χ0) is 15.8. The van der Waals surface area contributed by atoms with E-state index in [1.807, 2.05) is 18.2 Å². The molecule has 0 radical (unpaired) electrons. The van der Waals surface area contributed by atoms with Crippen LogP contribution in [0.2, 0.25) is 0 Å². The average Bonchev–Trinajstić information content (AvgIpc) is 2.54. The zero-order valence-corrected chi connectivity index (χ0v) is 13.9. The second-order valence-corrected chi connectivity index (χ2v) is 6.24. The molecule has 2 rings (SSSR count). The molecule has 2 aromatic carbocycles. The van der Waals surface area contributed by atoms with Gasteiger partial charge in [-0.3, -0.25) is 0 Å². The summed E-state index contributed by atoms with van der Waals surface area (Å²) in [4.78, 5) is 0. The molecule has 0 aliphatic rings. The van der Waals surface area contributed by atoms with Crippen LogP contribution in [0.3, 0.4) is 0 Å². The molecule has 0 spiro atoms. The van der Waals surface area contributed by atoms with Crippen molar-refractivity contribution in [1.82, 2.24) is 0 Å². The second-order valence-electron chi connectivity index (χ2n) is 6.24. The molecule has 0 saturated carbocycles. The third-order valence-corrected chi connectivity index (χ3v) is 4.40. The lowest BCUT2D eigenvalue weighted by Crippen LogP contribution is -2.03. The third-order valence-electron chi connectivity index (χ3n) is 4.40. The minimum absolute atomic E-state index is 0.412. The molecule has 0 fully saturated rings. The zero-order valence-electron chi connectivity index (χ0n) is 13.9. The Morgan fingerprint density at radius 1 is 0.864 bits per heavy atom. The molecule has 0 aromatic heterocycles. The van der Waals surface area contributed by atoms with Crippen LogP contribution in [0.4, 0.5) is 0 Å². The Morgan fingerprint density at radius 2 is 1.55 bits per heavy atom. The number of rotatable bonds is 8. The van der Waals surface area contributed by atoms with Crippen molar-refractivity contribution in [3.8, 4) is 5.75 Å². The highest BCUT2D eigenvalue weighted by Gasteiger charge is 2.12. The molecule has 2 aromatic rings. The first kappa shape index (κ1) is 16.6. The Balaban J connectivity index is 2.06. The molecule has 1 atom stereocenters. The van der Waals surface area contributed by atoms with Gasteiger partial charge in [0.1, 0.15) is 5.75 Å². The first-order valence-electron chi connectivity index (χ1n) is 8.57. The van der Waals surface area contributed by atoms with E-state index in [0.29, 0.717) is 11.7 Å². The topological polar surface area (TPSA) is 20.2 Å². The molecule has 22 heavy (non-hydrogen) atoms. The van der Waals surface area contributed by atoms with E-state index in [1.165, 1.54) is 43.2 Å². The highest BCUT2D eigenvalue weighted by Crippen LogP contribution is 2.28. The minimum Gasteiger partial charge on any atom is -0.508 e. The summed E-state index contributed by atoms with van der Waals surface area (Å²) in [5, 5.41) is 9.98. The van der Waals surface area contributed by atoms with Crippen LogP contribution in [0, 0.1) is 0 Å². The molecule has 0 aliphatic heterocycles. The van der Waals surface area contributed by atoms with Crippen LogP contribution in [0.5, 0.6) is 5.75 Å². The van der Waals surface area contributed by atoms with E-state index in [2.05, 4.69) is 38.1 Å². The molecule has 0 amide bonds. The Kier molecular flexibility index (Phi) is 6.51. The van der Waals surface area contributed by atoms with Gasteiger partial charge in [0.15, 0.2) is 0 Å². The summed E-state index contributed by atoms with van der Waals surface area (Å²) in [7, 11) is 0. The van der Waals surface area contributed by atoms with Crippen molar-refractivity contribution in [1.29, 1.82) is 0 Å². The number of unbranched alkanes of at least 4 members (excludes halogenated alkanes) is 3. The monoisotopic (exact) mass is 296 g/mol. The summed E-state index contributed by atoms with van der Waals surface area (Å²) in [6.45, 7) is 4.51. The summed E-state index contributed by atoms with van der Waals surface area (Å²) < 4.78 is 0. The molecule has 1 heteroatoms. The molecular formula is C21H28O. The number of benzene rings is 2. The molecule has 0 heterocycles. The summed E-state index contributed by atoms with van der Waals surface area (Å²) >= 11 is 0. The van der Waals surface area contributed by atoms with Crippen molar-refractivity contribution in [2.45, 2.75) is 58.3 Å². The number of aromatic hydroxyl groups is 1. The Morgan fingerprint density at radius 3 is 2.27 bits per heavy atom. The summed E-state index contributed by atoms with van der Waals surface area (Å²) in [5.74, 6) is 0.838. The standard InChI is InChI=1S/C21H28O/c1-3-4-5-6-11-18-12-7-9-14-20(18)17(2)16-19-13-8-10-15-21(19)22/h7-10,12-15,17,22H,3-6,11,16H2,1-2H3. The lowest BCUT2D eigenvalue weighted by molar-refractivity contribution is 0.465. The molecule has 0 aliphatic carbocycles. The largest absolute Gasteiger partial charge is 0.508 e. The number of hydrogen-bond acceptors (Lipinski definition) is 1. The average molecular weight is 296 g/mol. The van der Waals surface area contributed by atoms with Gasteiger partial charge in [-0.25, -0.2) is 0 Å². The highest BCUT2D eigenvalue weighted by atomic mass is 16.3. The van der Waals surface area contributed by atoms with E-state index in [9.17, 15) is 5.11 Å². The van der Waals surface area contributed by atoms with Crippen LogP contribution in [-0.2, 0) is 12.8 Å². The first-order valence-corrected chi connectivity index (χ1v) is 8.57. The molecule has 0 saturated heterocycles. The molecule has 1 nitrogen and oxygen atoms in total. The number of para-hydroxylation sites is 1. The van der Waals surface area contributed by atoms with E-state index in [4.69, 9.17) is 0 Å². The Labute approximate surface area is 135 Å². The molecule has 1 unspecified atom stereocenters. The number of hydrogen-bond donors (Lipinski definition) is 1. The van der Waals surface area contributed by atoms with Crippen LogP contribution in [0.15, 0.2) is 48.5 Å². The normalized spacial score (nSPS) is 12.3. The Hall–Kier alpha value is -1.76. The molecular weight excluding hydrogens is 268 g/mol. The summed E-state index contributed by atoms with van der Waals surface area (Å²) in [6.07, 6.45) is 7.26. The fraction of sp³-hybridized carbons (Fsp3) is 0.429. The minimum atomic E-state index is 0.412. The second kappa shape index (κ2) is 8.63. The first-order chi connectivity index (χ1) is 10.7. The quantitative estimate of drug-likeness (QED) is 0.605. The maximum absolute atomic E-state index is 9.98. The van der Waals surface area contributed by atoms with Crippen LogP contribution in [-0.4, -0.2) is 5.11 Å². The van der Waals surface area contributed by atoms with Gasteiger partial charge < -0.3 is 5.11 Å². The van der Waals surface area contributed by atoms with Crippen molar-refractivity contribution >= 4 is 0 Å². The van der Waals surface area contributed by atoms with Crippen LogP contribution >= 0.6 is 0 Å².